The average Bonchev–Trinajstić information content (AvgIpc) is 2.40. The molecule has 130 valence electrons. The maximum absolute atomic E-state index is 10.5. The van der Waals surface area contributed by atoms with Gasteiger partial charge in [-0.05, 0) is 43.3 Å². The Balaban J connectivity index is 3.49. The van der Waals surface area contributed by atoms with E-state index in [9.17, 15) is 5.11 Å². The van der Waals surface area contributed by atoms with Crippen molar-refractivity contribution in [1.82, 2.24) is 0 Å². The molecule has 1 nitrogen and oxygen atoms in total. The Morgan fingerprint density at radius 3 is 2.05 bits per heavy atom. The molecule has 0 saturated heterocycles. The third-order valence-electron chi connectivity index (χ3n) is 7.45. The van der Waals surface area contributed by atoms with Crippen molar-refractivity contribution in [2.24, 2.45) is 10.8 Å². The largest absolute Gasteiger partial charge is 0.393 e. The first-order chi connectivity index (χ1) is 9.77. The minimum Gasteiger partial charge on any atom is -0.393 e. The van der Waals surface area contributed by atoms with Gasteiger partial charge < -0.3 is 5.11 Å². The molecule has 1 N–H and O–H groups in total. The minimum absolute atomic E-state index is 0.0936. The van der Waals surface area contributed by atoms with E-state index in [1.807, 2.05) is 6.92 Å². The fraction of sp³-hybridized carbons (Fsp3) is 1.00. The van der Waals surface area contributed by atoms with Crippen molar-refractivity contribution in [2.75, 3.05) is 0 Å². The van der Waals surface area contributed by atoms with Crippen LogP contribution in [0.2, 0.25) is 5.31 Å². The van der Waals surface area contributed by atoms with E-state index in [-0.39, 0.29) is 31.7 Å². The Morgan fingerprint density at radius 1 is 1.18 bits per heavy atom. The van der Waals surface area contributed by atoms with Gasteiger partial charge in [0.15, 0.2) is 0 Å². The topological polar surface area (TPSA) is 20.2 Å². The highest BCUT2D eigenvalue weighted by atomic mass is 32.1. The highest BCUT2D eigenvalue weighted by molar-refractivity contribution is 7.83. The van der Waals surface area contributed by atoms with Crippen molar-refractivity contribution in [3.8, 4) is 0 Å². The minimum atomic E-state index is -0.364. The van der Waals surface area contributed by atoms with E-state index in [4.69, 9.17) is 25.3 Å². The van der Waals surface area contributed by atoms with Crippen LogP contribution in [0.15, 0.2) is 0 Å². The molecule has 1 fully saturated rings. The number of rotatable bonds is 5. The first-order valence-electron chi connectivity index (χ1n) is 8.90. The lowest BCUT2D eigenvalue weighted by atomic mass is 9.38. The standard InChI is InChI=1S/C18H37BOS2/c1-8-10-14(4,5)18(22)12-11-15(6,13(3)20)17(21,9-2)16(18,7)19/h13,20-22H,8-12,19H2,1-7H3. The van der Waals surface area contributed by atoms with Crippen molar-refractivity contribution in [1.29, 1.82) is 0 Å². The van der Waals surface area contributed by atoms with Gasteiger partial charge in [-0.3, -0.25) is 0 Å². The van der Waals surface area contributed by atoms with E-state index in [1.165, 1.54) is 12.8 Å². The summed E-state index contributed by atoms with van der Waals surface area (Å²) in [4.78, 5) is 0. The molecule has 0 amide bonds. The third kappa shape index (κ3) is 2.51. The van der Waals surface area contributed by atoms with E-state index in [2.05, 4.69) is 49.4 Å². The smallest absolute Gasteiger partial charge is 0.112 e. The molecule has 0 spiro atoms. The van der Waals surface area contributed by atoms with Crippen LogP contribution in [-0.4, -0.2) is 28.6 Å². The van der Waals surface area contributed by atoms with Crippen LogP contribution in [0.5, 0.6) is 0 Å². The van der Waals surface area contributed by atoms with Gasteiger partial charge in [-0.25, -0.2) is 0 Å². The van der Waals surface area contributed by atoms with Crippen molar-refractivity contribution < 1.29 is 5.11 Å². The molecule has 1 aliphatic carbocycles. The molecule has 0 aromatic carbocycles. The van der Waals surface area contributed by atoms with Crippen LogP contribution >= 0.6 is 25.3 Å². The maximum Gasteiger partial charge on any atom is 0.112 e. The van der Waals surface area contributed by atoms with Crippen molar-refractivity contribution >= 4 is 33.1 Å². The number of hydrogen-bond acceptors (Lipinski definition) is 3. The molecule has 1 rings (SSSR count). The second-order valence-electron chi connectivity index (χ2n) is 8.93. The molecule has 1 saturated carbocycles. The highest BCUT2D eigenvalue weighted by Gasteiger charge is 2.68. The summed E-state index contributed by atoms with van der Waals surface area (Å²) in [6.45, 7) is 15.7. The van der Waals surface area contributed by atoms with Gasteiger partial charge in [0.25, 0.3) is 0 Å². The zero-order valence-corrected chi connectivity index (χ0v) is 17.7. The van der Waals surface area contributed by atoms with Crippen LogP contribution in [0.25, 0.3) is 0 Å². The number of thiol groups is 2. The number of aliphatic hydroxyl groups is 1. The van der Waals surface area contributed by atoms with Gasteiger partial charge in [0, 0.05) is 14.9 Å². The predicted molar refractivity (Wildman–Crippen MR) is 108 cm³/mol. The fourth-order valence-electron chi connectivity index (χ4n) is 5.43. The average molecular weight is 344 g/mol. The summed E-state index contributed by atoms with van der Waals surface area (Å²) in [5.41, 5.74) is -0.0551. The molecule has 1 aliphatic rings. The molecule has 4 heteroatoms. The second kappa shape index (κ2) is 6.22. The fourth-order valence-corrected chi connectivity index (χ4v) is 6.42. The quantitative estimate of drug-likeness (QED) is 0.494. The van der Waals surface area contributed by atoms with Gasteiger partial charge in [0.05, 0.1) is 6.10 Å². The molecular weight excluding hydrogens is 307 g/mol. The van der Waals surface area contributed by atoms with Gasteiger partial charge in [0.2, 0.25) is 0 Å². The lowest BCUT2D eigenvalue weighted by Gasteiger charge is -2.69. The SMILES string of the molecule is BC1(C)C(S)(C(C)(C)CCC)CCC(C)(C(C)O)C1(S)CC. The molecular formula is C18H37BOS2. The molecule has 0 radical (unpaired) electrons. The molecule has 0 aliphatic heterocycles. The summed E-state index contributed by atoms with van der Waals surface area (Å²) in [5.74, 6) is 0. The summed E-state index contributed by atoms with van der Waals surface area (Å²) >= 11 is 10.6. The van der Waals surface area contributed by atoms with Gasteiger partial charge in [0.1, 0.15) is 7.85 Å². The van der Waals surface area contributed by atoms with E-state index in [0.717, 1.165) is 19.3 Å². The van der Waals surface area contributed by atoms with E-state index >= 15 is 0 Å². The van der Waals surface area contributed by atoms with Crippen LogP contribution in [0, 0.1) is 10.8 Å². The van der Waals surface area contributed by atoms with E-state index in [0.29, 0.717) is 0 Å². The second-order valence-corrected chi connectivity index (χ2v) is 10.5. The zero-order valence-electron chi connectivity index (χ0n) is 16.0. The summed E-state index contributed by atoms with van der Waals surface area (Å²) in [5, 5.41) is 10.4. The molecule has 0 bridgehead atoms. The summed E-state index contributed by atoms with van der Waals surface area (Å²) in [6.07, 6.45) is 4.91. The molecule has 5 atom stereocenters. The van der Waals surface area contributed by atoms with Gasteiger partial charge in [-0.1, -0.05) is 48.0 Å². The number of hydrogen-bond donors (Lipinski definition) is 3. The molecule has 5 unspecified atom stereocenters. The first-order valence-corrected chi connectivity index (χ1v) is 9.79. The Morgan fingerprint density at radius 2 is 1.68 bits per heavy atom. The zero-order chi connectivity index (χ0) is 17.6. The lowest BCUT2D eigenvalue weighted by Crippen LogP contribution is -2.68. The van der Waals surface area contributed by atoms with Crippen LogP contribution in [0.1, 0.15) is 80.6 Å². The monoisotopic (exact) mass is 344 g/mol. The summed E-state index contributed by atoms with van der Waals surface area (Å²) < 4.78 is -0.346. The molecule has 0 aromatic heterocycles. The highest BCUT2D eigenvalue weighted by Crippen LogP contribution is 2.72. The normalized spacial score (nSPS) is 44.8. The van der Waals surface area contributed by atoms with Gasteiger partial charge in [-0.2, -0.15) is 25.3 Å². The third-order valence-corrected chi connectivity index (χ3v) is 10.2. The van der Waals surface area contributed by atoms with Crippen LogP contribution in [0.4, 0.5) is 0 Å². The van der Waals surface area contributed by atoms with Crippen LogP contribution in [0.3, 0.4) is 0 Å². The molecule has 0 aromatic rings. The molecule has 0 heterocycles. The Kier molecular flexibility index (Phi) is 5.87. The van der Waals surface area contributed by atoms with Crippen molar-refractivity contribution in [3.63, 3.8) is 0 Å². The Labute approximate surface area is 150 Å². The van der Waals surface area contributed by atoms with Crippen molar-refractivity contribution in [2.45, 2.75) is 101 Å². The summed E-state index contributed by atoms with van der Waals surface area (Å²) in [7, 11) is 2.33. The van der Waals surface area contributed by atoms with E-state index < -0.39 is 0 Å². The first kappa shape index (κ1) is 20.8. The Bertz CT molecular complexity index is 410. The van der Waals surface area contributed by atoms with Crippen molar-refractivity contribution in [3.05, 3.63) is 0 Å². The maximum atomic E-state index is 10.5. The lowest BCUT2D eigenvalue weighted by molar-refractivity contribution is -0.0499. The molecule has 22 heavy (non-hydrogen) atoms. The van der Waals surface area contributed by atoms with Crippen LogP contribution in [-0.2, 0) is 0 Å². The van der Waals surface area contributed by atoms with Gasteiger partial charge in [-0.15, -0.1) is 0 Å². The summed E-state index contributed by atoms with van der Waals surface area (Å²) in [6, 6.07) is 0. The van der Waals surface area contributed by atoms with E-state index in [1.54, 1.807) is 0 Å². The number of aliphatic hydroxyl groups excluding tert-OH is 1. The van der Waals surface area contributed by atoms with Gasteiger partial charge >= 0.3 is 0 Å². The Hall–Kier alpha value is 0.725. The van der Waals surface area contributed by atoms with Crippen LogP contribution < -0.4 is 0 Å². The predicted octanol–water partition coefficient (Wildman–Crippen LogP) is 4.55.